The van der Waals surface area contributed by atoms with Crippen LogP contribution < -0.4 is 0 Å². The maximum atomic E-state index is 9.61. The van der Waals surface area contributed by atoms with Crippen molar-refractivity contribution in [3.63, 3.8) is 0 Å². The lowest BCUT2D eigenvalue weighted by molar-refractivity contribution is 0.150. The van der Waals surface area contributed by atoms with Crippen molar-refractivity contribution < 1.29 is 5.11 Å². The Labute approximate surface area is 82.4 Å². The standard InChI is InChI=1S/C10H13NOS/c12-10-7-13-6-9(10)5-8-1-3-11-4-2-8/h1-4,9-10,12H,5-7H2. The highest BCUT2D eigenvalue weighted by Gasteiger charge is 2.25. The molecule has 2 heterocycles. The van der Waals surface area contributed by atoms with Gasteiger partial charge in [0.25, 0.3) is 0 Å². The van der Waals surface area contributed by atoms with Gasteiger partial charge in [0.2, 0.25) is 0 Å². The molecule has 0 aliphatic carbocycles. The zero-order chi connectivity index (χ0) is 9.10. The fourth-order valence-corrected chi connectivity index (χ4v) is 2.90. The predicted molar refractivity (Wildman–Crippen MR) is 54.8 cm³/mol. The van der Waals surface area contributed by atoms with Crippen LogP contribution >= 0.6 is 11.8 Å². The van der Waals surface area contributed by atoms with Crippen LogP contribution in [0.25, 0.3) is 0 Å². The predicted octanol–water partition coefficient (Wildman–Crippen LogP) is 1.35. The third kappa shape index (κ3) is 2.23. The van der Waals surface area contributed by atoms with Crippen molar-refractivity contribution in [1.29, 1.82) is 0 Å². The Balaban J connectivity index is 1.98. The monoisotopic (exact) mass is 195 g/mol. The SMILES string of the molecule is OC1CSCC1Cc1ccncc1. The van der Waals surface area contributed by atoms with E-state index in [4.69, 9.17) is 0 Å². The van der Waals surface area contributed by atoms with E-state index in [2.05, 4.69) is 4.98 Å². The lowest BCUT2D eigenvalue weighted by Gasteiger charge is -2.12. The van der Waals surface area contributed by atoms with Gasteiger partial charge in [-0.1, -0.05) is 0 Å². The topological polar surface area (TPSA) is 33.1 Å². The molecular weight excluding hydrogens is 182 g/mol. The average Bonchev–Trinajstić information content (AvgIpc) is 2.54. The minimum absolute atomic E-state index is 0.113. The van der Waals surface area contributed by atoms with Gasteiger partial charge in [-0.25, -0.2) is 0 Å². The van der Waals surface area contributed by atoms with E-state index in [0.29, 0.717) is 5.92 Å². The number of pyridine rings is 1. The molecule has 1 fully saturated rings. The van der Waals surface area contributed by atoms with Crippen molar-refractivity contribution in [2.24, 2.45) is 5.92 Å². The van der Waals surface area contributed by atoms with Crippen molar-refractivity contribution in [3.05, 3.63) is 30.1 Å². The summed E-state index contributed by atoms with van der Waals surface area (Å²) in [5, 5.41) is 9.61. The van der Waals surface area contributed by atoms with E-state index in [0.717, 1.165) is 17.9 Å². The first-order valence-corrected chi connectivity index (χ1v) is 5.66. The van der Waals surface area contributed by atoms with Crippen LogP contribution in [0, 0.1) is 5.92 Å². The molecule has 2 nitrogen and oxygen atoms in total. The molecule has 1 saturated heterocycles. The first-order chi connectivity index (χ1) is 6.36. The van der Waals surface area contributed by atoms with Gasteiger partial charge in [-0.05, 0) is 35.8 Å². The number of aromatic nitrogens is 1. The van der Waals surface area contributed by atoms with Crippen LogP contribution in [0.5, 0.6) is 0 Å². The second-order valence-electron chi connectivity index (χ2n) is 3.42. The van der Waals surface area contributed by atoms with Crippen LogP contribution in [0.3, 0.4) is 0 Å². The summed E-state index contributed by atoms with van der Waals surface area (Å²) in [6.45, 7) is 0. The highest BCUT2D eigenvalue weighted by Crippen LogP contribution is 2.26. The van der Waals surface area contributed by atoms with Crippen LogP contribution in [0.4, 0.5) is 0 Å². The second kappa shape index (κ2) is 4.11. The summed E-state index contributed by atoms with van der Waals surface area (Å²) in [6, 6.07) is 4.05. The maximum Gasteiger partial charge on any atom is 0.0669 e. The van der Waals surface area contributed by atoms with Gasteiger partial charge in [-0.15, -0.1) is 0 Å². The number of aliphatic hydroxyl groups excluding tert-OH is 1. The van der Waals surface area contributed by atoms with Crippen LogP contribution in [0.15, 0.2) is 24.5 Å². The van der Waals surface area contributed by atoms with E-state index in [1.807, 2.05) is 36.3 Å². The largest absolute Gasteiger partial charge is 0.392 e. The van der Waals surface area contributed by atoms with Crippen LogP contribution in [-0.4, -0.2) is 27.7 Å². The molecule has 1 aromatic rings. The van der Waals surface area contributed by atoms with Gasteiger partial charge in [-0.3, -0.25) is 4.98 Å². The van der Waals surface area contributed by atoms with Crippen molar-refractivity contribution in [2.45, 2.75) is 12.5 Å². The smallest absolute Gasteiger partial charge is 0.0669 e. The summed E-state index contributed by atoms with van der Waals surface area (Å²) in [5.41, 5.74) is 1.28. The average molecular weight is 195 g/mol. The first kappa shape index (κ1) is 9.03. The highest BCUT2D eigenvalue weighted by atomic mass is 32.2. The van der Waals surface area contributed by atoms with Gasteiger partial charge in [0.1, 0.15) is 0 Å². The molecule has 1 aliphatic heterocycles. The van der Waals surface area contributed by atoms with E-state index in [1.54, 1.807) is 0 Å². The lowest BCUT2D eigenvalue weighted by Crippen LogP contribution is -2.19. The molecule has 0 amide bonds. The molecule has 2 unspecified atom stereocenters. The summed E-state index contributed by atoms with van der Waals surface area (Å²) >= 11 is 1.84. The zero-order valence-electron chi connectivity index (χ0n) is 7.39. The molecule has 0 aromatic carbocycles. The molecule has 0 bridgehead atoms. The summed E-state index contributed by atoms with van der Waals surface area (Å²) in [7, 11) is 0. The molecule has 1 aromatic heterocycles. The molecule has 1 aliphatic rings. The molecular formula is C10H13NOS. The van der Waals surface area contributed by atoms with E-state index in [1.165, 1.54) is 5.56 Å². The van der Waals surface area contributed by atoms with Crippen molar-refractivity contribution in [3.8, 4) is 0 Å². The molecule has 70 valence electrons. The number of rotatable bonds is 2. The molecule has 13 heavy (non-hydrogen) atoms. The maximum absolute atomic E-state index is 9.61. The molecule has 3 heteroatoms. The van der Waals surface area contributed by atoms with Gasteiger partial charge < -0.3 is 5.11 Å². The Hall–Kier alpha value is -0.540. The fraction of sp³-hybridized carbons (Fsp3) is 0.500. The van der Waals surface area contributed by atoms with Crippen LogP contribution in [0.1, 0.15) is 5.56 Å². The molecule has 0 spiro atoms. The fourth-order valence-electron chi connectivity index (χ4n) is 1.60. The normalized spacial score (nSPS) is 27.8. The quantitative estimate of drug-likeness (QED) is 0.773. The lowest BCUT2D eigenvalue weighted by atomic mass is 9.98. The van der Waals surface area contributed by atoms with E-state index in [-0.39, 0.29) is 6.10 Å². The van der Waals surface area contributed by atoms with Gasteiger partial charge in [0, 0.05) is 18.1 Å². The van der Waals surface area contributed by atoms with E-state index < -0.39 is 0 Å². The number of hydrogen-bond donors (Lipinski definition) is 1. The summed E-state index contributed by atoms with van der Waals surface area (Å²) < 4.78 is 0. The van der Waals surface area contributed by atoms with Gasteiger partial charge in [0.15, 0.2) is 0 Å². The minimum atomic E-state index is -0.113. The highest BCUT2D eigenvalue weighted by molar-refractivity contribution is 7.99. The van der Waals surface area contributed by atoms with Gasteiger partial charge in [-0.2, -0.15) is 11.8 Å². The van der Waals surface area contributed by atoms with Crippen molar-refractivity contribution >= 4 is 11.8 Å². The Morgan fingerprint density at radius 2 is 2.15 bits per heavy atom. The number of nitrogens with zero attached hydrogens (tertiary/aromatic N) is 1. The van der Waals surface area contributed by atoms with E-state index in [9.17, 15) is 5.11 Å². The minimum Gasteiger partial charge on any atom is -0.392 e. The number of hydrogen-bond acceptors (Lipinski definition) is 3. The summed E-state index contributed by atoms with van der Waals surface area (Å²) in [5.74, 6) is 2.42. The first-order valence-electron chi connectivity index (χ1n) is 4.51. The molecule has 0 radical (unpaired) electrons. The molecule has 0 saturated carbocycles. The number of thioether (sulfide) groups is 1. The number of aliphatic hydroxyl groups is 1. The summed E-state index contributed by atoms with van der Waals surface area (Å²) in [6.07, 6.45) is 4.49. The Kier molecular flexibility index (Phi) is 2.86. The summed E-state index contributed by atoms with van der Waals surface area (Å²) in [4.78, 5) is 3.97. The molecule has 2 rings (SSSR count). The van der Waals surface area contributed by atoms with Crippen LogP contribution in [-0.2, 0) is 6.42 Å². The third-order valence-electron chi connectivity index (χ3n) is 2.41. The molecule has 2 atom stereocenters. The second-order valence-corrected chi connectivity index (χ2v) is 4.50. The van der Waals surface area contributed by atoms with Crippen molar-refractivity contribution in [1.82, 2.24) is 4.98 Å². The molecule has 1 N–H and O–H groups in total. The third-order valence-corrected chi connectivity index (χ3v) is 3.65. The van der Waals surface area contributed by atoms with Gasteiger partial charge >= 0.3 is 0 Å². The zero-order valence-corrected chi connectivity index (χ0v) is 8.20. The van der Waals surface area contributed by atoms with E-state index >= 15 is 0 Å². The Morgan fingerprint density at radius 3 is 2.77 bits per heavy atom. The Morgan fingerprint density at radius 1 is 1.38 bits per heavy atom. The Bertz CT molecular complexity index is 265. The van der Waals surface area contributed by atoms with Crippen molar-refractivity contribution in [2.75, 3.05) is 11.5 Å². The van der Waals surface area contributed by atoms with Crippen LogP contribution in [0.2, 0.25) is 0 Å². The van der Waals surface area contributed by atoms with Gasteiger partial charge in [0.05, 0.1) is 6.10 Å².